The number of hydrogen-bond donors (Lipinski definition) is 2. The third-order valence-electron chi connectivity index (χ3n) is 8.87. The Labute approximate surface area is 230 Å². The summed E-state index contributed by atoms with van der Waals surface area (Å²) >= 11 is 0. The predicted octanol–water partition coefficient (Wildman–Crippen LogP) is 6.84. The van der Waals surface area contributed by atoms with Gasteiger partial charge in [0.2, 0.25) is 5.91 Å². The van der Waals surface area contributed by atoms with Gasteiger partial charge < -0.3 is 15.3 Å². The molecule has 1 spiro atoms. The Hall–Kier alpha value is -3.67. The molecule has 3 aromatic rings. The van der Waals surface area contributed by atoms with Crippen molar-refractivity contribution in [2.24, 2.45) is 5.41 Å². The number of hydrogen-bond acceptors (Lipinski definition) is 3. The zero-order chi connectivity index (χ0) is 27.6. The Morgan fingerprint density at radius 3 is 2.33 bits per heavy atom. The smallest absolute Gasteiger partial charge is 0.303 e. The van der Waals surface area contributed by atoms with Crippen molar-refractivity contribution in [3.63, 3.8) is 0 Å². The van der Waals surface area contributed by atoms with Gasteiger partial charge in [-0.15, -0.1) is 0 Å². The second-order valence-corrected chi connectivity index (χ2v) is 11.6. The first-order valence-corrected chi connectivity index (χ1v) is 14.1. The molecule has 1 unspecified atom stereocenters. The monoisotopic (exact) mass is 526 g/mol. The number of carbonyl (C=O) groups is 3. The van der Waals surface area contributed by atoms with Crippen molar-refractivity contribution in [2.45, 2.75) is 71.1 Å². The molecule has 204 valence electrons. The summed E-state index contributed by atoms with van der Waals surface area (Å²) in [7, 11) is 0. The number of aryl methyl sites for hydroxylation is 2. The number of rotatable bonds is 7. The van der Waals surface area contributed by atoms with Crippen LogP contribution in [-0.4, -0.2) is 40.9 Å². The number of amides is 2. The zero-order valence-corrected chi connectivity index (χ0v) is 23.0. The van der Waals surface area contributed by atoms with Crippen LogP contribution in [-0.2, 0) is 9.59 Å². The van der Waals surface area contributed by atoms with Crippen molar-refractivity contribution >= 4 is 34.2 Å². The number of carboxylic acid groups (broad SMARTS) is 1. The average molecular weight is 527 g/mol. The molecule has 6 nitrogen and oxygen atoms in total. The quantitative estimate of drug-likeness (QED) is 0.353. The fraction of sp³-hybridized carbons (Fsp3) is 0.424. The van der Waals surface area contributed by atoms with Crippen molar-refractivity contribution in [3.05, 3.63) is 76.9 Å². The molecule has 0 radical (unpaired) electrons. The van der Waals surface area contributed by atoms with Gasteiger partial charge in [-0.3, -0.25) is 14.4 Å². The lowest BCUT2D eigenvalue weighted by Crippen LogP contribution is -2.42. The van der Waals surface area contributed by atoms with Crippen LogP contribution in [0.3, 0.4) is 0 Å². The highest BCUT2D eigenvalue weighted by atomic mass is 16.4. The van der Waals surface area contributed by atoms with Gasteiger partial charge in [0.1, 0.15) is 0 Å². The van der Waals surface area contributed by atoms with E-state index in [0.29, 0.717) is 16.7 Å². The Balaban J connectivity index is 1.37. The summed E-state index contributed by atoms with van der Waals surface area (Å²) in [4.78, 5) is 40.9. The lowest BCUT2D eigenvalue weighted by molar-refractivity contribution is -0.137. The van der Waals surface area contributed by atoms with Gasteiger partial charge in [0.15, 0.2) is 0 Å². The van der Waals surface area contributed by atoms with E-state index >= 15 is 0 Å². The number of likely N-dealkylation sites (tertiary alicyclic amines) is 1. The van der Waals surface area contributed by atoms with Gasteiger partial charge in [0.25, 0.3) is 5.91 Å². The summed E-state index contributed by atoms with van der Waals surface area (Å²) in [6.45, 7) is 5.37. The fourth-order valence-electron chi connectivity index (χ4n) is 6.81. The Morgan fingerprint density at radius 2 is 1.62 bits per heavy atom. The molecule has 3 aromatic carbocycles. The molecule has 1 heterocycles. The van der Waals surface area contributed by atoms with Crippen LogP contribution in [0.1, 0.15) is 84.3 Å². The van der Waals surface area contributed by atoms with E-state index in [1.807, 2.05) is 73.3 Å². The van der Waals surface area contributed by atoms with E-state index in [0.717, 1.165) is 53.4 Å². The molecule has 2 fully saturated rings. The van der Waals surface area contributed by atoms with Crippen LogP contribution >= 0.6 is 0 Å². The number of benzene rings is 3. The molecule has 2 N–H and O–H groups in total. The van der Waals surface area contributed by atoms with Crippen molar-refractivity contribution < 1.29 is 19.5 Å². The van der Waals surface area contributed by atoms with Crippen molar-refractivity contribution in [2.75, 3.05) is 18.4 Å². The van der Waals surface area contributed by atoms with E-state index in [1.165, 1.54) is 25.7 Å². The highest BCUT2D eigenvalue weighted by molar-refractivity contribution is 6.05. The molecular weight excluding hydrogens is 488 g/mol. The molecule has 1 aliphatic heterocycles. The second-order valence-electron chi connectivity index (χ2n) is 11.6. The summed E-state index contributed by atoms with van der Waals surface area (Å²) < 4.78 is 0. The number of fused-ring (bicyclic) bond motifs is 1. The molecular formula is C33H38N2O4. The molecule has 2 amide bonds. The lowest BCUT2D eigenvalue weighted by Gasteiger charge is -2.39. The maximum atomic E-state index is 13.7. The molecule has 6 heteroatoms. The van der Waals surface area contributed by atoms with E-state index in [4.69, 9.17) is 0 Å². The minimum Gasteiger partial charge on any atom is -0.481 e. The number of carbonyl (C=O) groups excluding carboxylic acids is 2. The molecule has 39 heavy (non-hydrogen) atoms. The van der Waals surface area contributed by atoms with Gasteiger partial charge in [-0.1, -0.05) is 61.4 Å². The highest BCUT2D eigenvalue weighted by Gasteiger charge is 2.38. The SMILES string of the molecule is Cc1cc(C)c(NC(=O)CC(CC(=O)O)c2cccc3ccccc23)c(C(=O)N2CCC3(CCCC3)CC2)c1. The average Bonchev–Trinajstić information content (AvgIpc) is 3.37. The Morgan fingerprint density at radius 1 is 0.923 bits per heavy atom. The first-order valence-electron chi connectivity index (χ1n) is 14.1. The number of anilines is 1. The van der Waals surface area contributed by atoms with E-state index in [1.54, 1.807) is 0 Å². The molecule has 0 aromatic heterocycles. The van der Waals surface area contributed by atoms with Crippen LogP contribution in [0.2, 0.25) is 0 Å². The topological polar surface area (TPSA) is 86.7 Å². The molecule has 1 atom stereocenters. The van der Waals surface area contributed by atoms with Crippen LogP contribution in [0.15, 0.2) is 54.6 Å². The summed E-state index contributed by atoms with van der Waals surface area (Å²) in [5.74, 6) is -1.78. The molecule has 0 bridgehead atoms. The number of piperidine rings is 1. The molecule has 5 rings (SSSR count). The summed E-state index contributed by atoms with van der Waals surface area (Å²) in [6, 6.07) is 17.4. The Kier molecular flexibility index (Phi) is 7.74. The minimum absolute atomic E-state index is 0.00743. The molecule has 1 aliphatic carbocycles. The van der Waals surface area contributed by atoms with Crippen molar-refractivity contribution in [1.82, 2.24) is 4.90 Å². The zero-order valence-electron chi connectivity index (χ0n) is 23.0. The Bertz CT molecular complexity index is 1390. The first-order chi connectivity index (χ1) is 18.7. The normalized spacial score (nSPS) is 17.3. The van der Waals surface area contributed by atoms with E-state index < -0.39 is 11.9 Å². The van der Waals surface area contributed by atoms with E-state index in [-0.39, 0.29) is 24.7 Å². The molecule has 1 saturated carbocycles. The van der Waals surface area contributed by atoms with Crippen molar-refractivity contribution in [3.8, 4) is 0 Å². The summed E-state index contributed by atoms with van der Waals surface area (Å²) in [5, 5.41) is 14.6. The summed E-state index contributed by atoms with van der Waals surface area (Å²) in [6.07, 6.45) is 7.08. The standard InChI is InChI=1S/C33H38N2O4/c1-22-18-23(2)31(28(19-22)32(39)35-16-14-33(15-17-35)12-5-6-13-33)34-29(36)20-25(21-30(37)38)27-11-7-9-24-8-3-4-10-26(24)27/h3-4,7-11,18-19,25H,5-6,12-17,20-21H2,1-2H3,(H,34,36)(H,37,38). The number of nitrogens with zero attached hydrogens (tertiary/aromatic N) is 1. The third kappa shape index (κ3) is 5.85. The fourth-order valence-corrected chi connectivity index (χ4v) is 6.81. The minimum atomic E-state index is -0.951. The predicted molar refractivity (Wildman–Crippen MR) is 154 cm³/mol. The van der Waals surface area contributed by atoms with Gasteiger partial charge in [0.05, 0.1) is 17.7 Å². The van der Waals surface area contributed by atoms with Crippen molar-refractivity contribution in [1.29, 1.82) is 0 Å². The van der Waals surface area contributed by atoms with Crippen LogP contribution in [0.4, 0.5) is 5.69 Å². The highest BCUT2D eigenvalue weighted by Crippen LogP contribution is 2.46. The van der Waals surface area contributed by atoms with Gasteiger partial charge in [0, 0.05) is 25.4 Å². The van der Waals surface area contributed by atoms with Gasteiger partial charge >= 0.3 is 5.97 Å². The lowest BCUT2D eigenvalue weighted by atomic mass is 9.77. The first kappa shape index (κ1) is 26.9. The van der Waals surface area contributed by atoms with E-state index in [2.05, 4.69) is 5.32 Å². The molecule has 2 aliphatic rings. The molecule has 1 saturated heterocycles. The van der Waals surface area contributed by atoms with Gasteiger partial charge in [-0.05, 0) is 78.5 Å². The maximum absolute atomic E-state index is 13.7. The van der Waals surface area contributed by atoms with Crippen LogP contribution in [0, 0.1) is 19.3 Å². The number of nitrogens with one attached hydrogen (secondary N) is 1. The van der Waals surface area contributed by atoms with Gasteiger partial charge in [-0.25, -0.2) is 0 Å². The largest absolute Gasteiger partial charge is 0.481 e. The van der Waals surface area contributed by atoms with E-state index in [9.17, 15) is 19.5 Å². The number of aliphatic carboxylic acids is 1. The van der Waals surface area contributed by atoms with Crippen LogP contribution < -0.4 is 5.32 Å². The third-order valence-corrected chi connectivity index (χ3v) is 8.87. The summed E-state index contributed by atoms with van der Waals surface area (Å²) in [5.41, 5.74) is 4.11. The van der Waals surface area contributed by atoms with Crippen LogP contribution in [0.25, 0.3) is 10.8 Å². The maximum Gasteiger partial charge on any atom is 0.303 e. The number of carboxylic acids is 1. The second kappa shape index (κ2) is 11.2. The van der Waals surface area contributed by atoms with Crippen LogP contribution in [0.5, 0.6) is 0 Å². The van der Waals surface area contributed by atoms with Gasteiger partial charge in [-0.2, -0.15) is 0 Å².